The Bertz CT molecular complexity index is 452. The van der Waals surface area contributed by atoms with E-state index in [9.17, 15) is 40.0 Å². The molecule has 0 radical (unpaired) electrons. The third kappa shape index (κ3) is 4.71. The van der Waals surface area contributed by atoms with Gasteiger partial charge in [0.25, 0.3) is 0 Å². The molecule has 0 spiro atoms. The van der Waals surface area contributed by atoms with Gasteiger partial charge < -0.3 is 9.85 Å². The molecule has 0 saturated carbocycles. The summed E-state index contributed by atoms with van der Waals surface area (Å²) in [6.45, 7) is -0.602. The number of halogens is 6. The molecule has 4 nitrogen and oxygen atoms in total. The highest BCUT2D eigenvalue weighted by atomic mass is 32.2. The molecule has 0 N–H and O–H groups in total. The van der Waals surface area contributed by atoms with Gasteiger partial charge in [-0.3, -0.25) is 0 Å². The quantitative estimate of drug-likeness (QED) is 0.294. The Hall–Kier alpha value is -0.550. The van der Waals surface area contributed by atoms with Crippen LogP contribution in [0.15, 0.2) is 0 Å². The maximum absolute atomic E-state index is 13.3. The number of quaternary nitrogens is 1. The first-order chi connectivity index (χ1) is 8.96. The van der Waals surface area contributed by atoms with Crippen molar-refractivity contribution in [2.24, 2.45) is 0 Å². The zero-order chi connectivity index (χ0) is 17.3. The first-order valence-electron chi connectivity index (χ1n) is 5.85. The zero-order valence-electron chi connectivity index (χ0n) is 11.7. The van der Waals surface area contributed by atoms with E-state index in [1.54, 1.807) is 0 Å². The molecule has 128 valence electrons. The summed E-state index contributed by atoms with van der Waals surface area (Å²) < 4.78 is 99.1. The van der Waals surface area contributed by atoms with E-state index in [0.29, 0.717) is 0 Å². The van der Waals surface area contributed by atoms with Gasteiger partial charge >= 0.3 is 17.1 Å². The van der Waals surface area contributed by atoms with Crippen LogP contribution in [0.5, 0.6) is 0 Å². The average Bonchev–Trinajstić information content (AvgIpc) is 2.21. The molecule has 0 aromatic carbocycles. The number of hydrogen-bond acceptors (Lipinski definition) is 3. The Morgan fingerprint density at radius 3 is 1.76 bits per heavy atom. The molecule has 0 aromatic rings. The molecule has 21 heavy (non-hydrogen) atoms. The van der Waals surface area contributed by atoms with E-state index >= 15 is 0 Å². The minimum atomic E-state index is -6.02. The van der Waals surface area contributed by atoms with E-state index in [4.69, 9.17) is 0 Å². The summed E-state index contributed by atoms with van der Waals surface area (Å²) in [4.78, 5) is 0. The number of sulfone groups is 1. The maximum atomic E-state index is 13.3. The van der Waals surface area contributed by atoms with E-state index in [1.165, 1.54) is 14.1 Å². The Labute approximate surface area is 118 Å². The van der Waals surface area contributed by atoms with Crippen molar-refractivity contribution in [3.8, 4) is 0 Å². The molecule has 0 fully saturated rings. The van der Waals surface area contributed by atoms with E-state index < -0.39 is 50.7 Å². The van der Waals surface area contributed by atoms with Gasteiger partial charge in [-0.25, -0.2) is 8.42 Å². The van der Waals surface area contributed by atoms with E-state index in [-0.39, 0.29) is 13.0 Å². The standard InChI is InChI=1S/C10H17F6NO3S/c1-8(11,12)9(13,14)10(15,16)21(19,20)7-5-4-6-17(2,3)18/h4-7H2,1-3H3. The lowest BCUT2D eigenvalue weighted by molar-refractivity contribution is -0.840. The third-order valence-corrected chi connectivity index (χ3v) is 4.53. The largest absolute Gasteiger partial charge is 0.633 e. The first kappa shape index (κ1) is 20.5. The van der Waals surface area contributed by atoms with Crippen molar-refractivity contribution in [2.45, 2.75) is 36.9 Å². The summed E-state index contributed by atoms with van der Waals surface area (Å²) in [5.41, 5.74) is 0. The highest BCUT2D eigenvalue weighted by Gasteiger charge is 2.74. The number of nitrogens with zero attached hydrogens (tertiary/aromatic N) is 1. The van der Waals surface area contributed by atoms with Crippen molar-refractivity contribution in [1.29, 1.82) is 0 Å². The molecular formula is C10H17F6NO3S. The molecule has 0 bridgehead atoms. The number of hydroxylamine groups is 3. The number of rotatable bonds is 8. The van der Waals surface area contributed by atoms with Crippen molar-refractivity contribution in [2.75, 3.05) is 26.4 Å². The lowest BCUT2D eigenvalue weighted by atomic mass is 10.2. The molecule has 0 atom stereocenters. The average molecular weight is 345 g/mol. The van der Waals surface area contributed by atoms with Crippen molar-refractivity contribution in [1.82, 2.24) is 0 Å². The Morgan fingerprint density at radius 2 is 1.43 bits per heavy atom. The molecule has 0 aliphatic heterocycles. The van der Waals surface area contributed by atoms with Gasteiger partial charge in [0.1, 0.15) is 0 Å². The maximum Gasteiger partial charge on any atom is 0.413 e. The van der Waals surface area contributed by atoms with Gasteiger partial charge in [0.05, 0.1) is 26.4 Å². The summed E-state index contributed by atoms with van der Waals surface area (Å²) in [6.07, 6.45) is -0.632. The topological polar surface area (TPSA) is 57.2 Å². The normalized spacial score (nSPS) is 15.3. The fourth-order valence-electron chi connectivity index (χ4n) is 1.36. The molecule has 0 aliphatic rings. The summed E-state index contributed by atoms with van der Waals surface area (Å²) in [6, 6.07) is 0. The Balaban J connectivity index is 4.99. The molecular weight excluding hydrogens is 328 g/mol. The van der Waals surface area contributed by atoms with Crippen molar-refractivity contribution in [3.63, 3.8) is 0 Å². The molecule has 0 saturated heterocycles. The van der Waals surface area contributed by atoms with Crippen LogP contribution in [0.25, 0.3) is 0 Å². The van der Waals surface area contributed by atoms with Crippen LogP contribution in [-0.2, 0) is 9.84 Å². The molecule has 0 aliphatic carbocycles. The van der Waals surface area contributed by atoms with E-state index in [2.05, 4.69) is 0 Å². The lowest BCUT2D eigenvalue weighted by Gasteiger charge is -2.33. The van der Waals surface area contributed by atoms with Crippen molar-refractivity contribution >= 4 is 9.84 Å². The van der Waals surface area contributed by atoms with Crippen LogP contribution in [0.4, 0.5) is 26.3 Å². The van der Waals surface area contributed by atoms with Crippen LogP contribution in [0.1, 0.15) is 19.8 Å². The second-order valence-corrected chi connectivity index (χ2v) is 7.45. The minimum absolute atomic E-state index is 0.124. The zero-order valence-corrected chi connectivity index (χ0v) is 12.5. The van der Waals surface area contributed by atoms with Crippen LogP contribution in [0.3, 0.4) is 0 Å². The summed E-state index contributed by atoms with van der Waals surface area (Å²) in [5.74, 6) is -12.6. The smallest absolute Gasteiger partial charge is 0.413 e. The monoisotopic (exact) mass is 345 g/mol. The van der Waals surface area contributed by atoms with Crippen LogP contribution >= 0.6 is 0 Å². The van der Waals surface area contributed by atoms with Crippen LogP contribution in [0.2, 0.25) is 0 Å². The summed E-state index contributed by atoms with van der Waals surface area (Å²) >= 11 is 0. The summed E-state index contributed by atoms with van der Waals surface area (Å²) in [5, 5.41) is 5.25. The van der Waals surface area contributed by atoms with E-state index in [0.717, 1.165) is 0 Å². The molecule has 11 heteroatoms. The van der Waals surface area contributed by atoms with E-state index in [1.807, 2.05) is 0 Å². The van der Waals surface area contributed by atoms with Gasteiger partial charge in [-0.15, -0.1) is 0 Å². The molecule has 0 heterocycles. The third-order valence-electron chi connectivity index (χ3n) is 2.67. The van der Waals surface area contributed by atoms with Crippen LogP contribution in [0, 0.1) is 5.21 Å². The van der Waals surface area contributed by atoms with Gasteiger partial charge in [-0.1, -0.05) is 0 Å². The molecule has 0 amide bonds. The minimum Gasteiger partial charge on any atom is -0.633 e. The van der Waals surface area contributed by atoms with Crippen molar-refractivity contribution < 1.29 is 39.4 Å². The summed E-state index contributed by atoms with van der Waals surface area (Å²) in [7, 11) is -3.36. The molecule has 0 aromatic heterocycles. The van der Waals surface area contributed by atoms with Crippen LogP contribution < -0.4 is 0 Å². The number of hydrogen-bond donors (Lipinski definition) is 0. The highest BCUT2D eigenvalue weighted by molar-refractivity contribution is 7.92. The lowest BCUT2D eigenvalue weighted by Crippen LogP contribution is -2.57. The highest BCUT2D eigenvalue weighted by Crippen LogP contribution is 2.48. The van der Waals surface area contributed by atoms with Gasteiger partial charge in [-0.05, 0) is 12.8 Å². The van der Waals surface area contributed by atoms with Gasteiger partial charge in [0.15, 0.2) is 0 Å². The van der Waals surface area contributed by atoms with Gasteiger partial charge in [0.2, 0.25) is 9.84 Å². The second-order valence-electron chi connectivity index (χ2n) is 5.30. The Morgan fingerprint density at radius 1 is 1.00 bits per heavy atom. The van der Waals surface area contributed by atoms with Gasteiger partial charge in [0, 0.05) is 6.92 Å². The Kier molecular flexibility index (Phi) is 5.76. The first-order valence-corrected chi connectivity index (χ1v) is 7.51. The number of unbranched alkanes of at least 4 members (excludes halogenated alkanes) is 1. The fraction of sp³-hybridized carbons (Fsp3) is 1.00. The molecule has 0 unspecified atom stereocenters. The van der Waals surface area contributed by atoms with Gasteiger partial charge in [-0.2, -0.15) is 26.3 Å². The fourth-order valence-corrected chi connectivity index (χ4v) is 2.77. The second kappa shape index (κ2) is 5.92. The SMILES string of the molecule is CC(F)(F)C(F)(F)C(F)(F)S(=O)(=O)CCCC[N+](C)(C)[O-]. The van der Waals surface area contributed by atoms with Crippen LogP contribution in [-0.4, -0.2) is 56.6 Å². The predicted octanol–water partition coefficient (Wildman–Crippen LogP) is 2.64. The predicted molar refractivity (Wildman–Crippen MR) is 63.9 cm³/mol. The number of alkyl halides is 6. The van der Waals surface area contributed by atoms with Crippen molar-refractivity contribution in [3.05, 3.63) is 5.21 Å². The molecule has 0 rings (SSSR count).